The number of rotatable bonds is 13. The van der Waals surface area contributed by atoms with Crippen LogP contribution in [0.5, 0.6) is 0 Å². The Morgan fingerprint density at radius 2 is 1.88 bits per heavy atom. The van der Waals surface area contributed by atoms with E-state index in [4.69, 9.17) is 0 Å². The monoisotopic (exact) mass is 715 g/mol. The van der Waals surface area contributed by atoms with Crippen molar-refractivity contribution < 1.29 is 23.9 Å². The first-order valence-electron chi connectivity index (χ1n) is 18.2. The van der Waals surface area contributed by atoms with Gasteiger partial charge in [0.2, 0.25) is 23.7 Å². The van der Waals surface area contributed by atoms with Crippen LogP contribution in [-0.2, 0) is 19.8 Å². The highest BCUT2D eigenvalue weighted by molar-refractivity contribution is 7.97. The van der Waals surface area contributed by atoms with Gasteiger partial charge in [0.05, 0.1) is 17.4 Å². The second-order valence-electron chi connectivity index (χ2n) is 14.5. The van der Waals surface area contributed by atoms with E-state index in [1.165, 1.54) is 6.07 Å². The number of aryl methyl sites for hydroxylation is 1. The molecule has 1 saturated carbocycles. The molecule has 3 fully saturated rings. The average molecular weight is 716 g/mol. The molecular weight excluding hydrogens is 670 g/mol. The number of aliphatic hydroxyl groups is 1. The molecule has 0 bridgehead atoms. The Balaban J connectivity index is 0.830. The van der Waals surface area contributed by atoms with Crippen molar-refractivity contribution in [3.63, 3.8) is 0 Å². The van der Waals surface area contributed by atoms with Crippen LogP contribution in [0.1, 0.15) is 93.7 Å². The highest BCUT2D eigenvalue weighted by atomic mass is 32.2. The number of amides is 3. The minimum absolute atomic E-state index is 0.0294. The maximum Gasteiger partial charge on any atom is 0.236 e. The Morgan fingerprint density at radius 3 is 2.59 bits per heavy atom. The van der Waals surface area contributed by atoms with Gasteiger partial charge in [-0.25, -0.2) is 9.37 Å². The average Bonchev–Trinajstić information content (AvgIpc) is 3.88. The molecule has 0 radical (unpaired) electrons. The molecule has 3 unspecified atom stereocenters. The molecule has 2 aromatic carbocycles. The zero-order chi connectivity index (χ0) is 35.7. The number of halogens is 1. The van der Waals surface area contributed by atoms with Crippen LogP contribution in [0, 0.1) is 18.7 Å². The standard InChI is InChI=1S/C38H46FN7O4S/c1-3-24(45-51-26-8-11-31(22(2)19-26)41-37-40-21-29-34(44-37)43-36(50)38(29)15-16-38)5-4-6-32(47)23-13-17-46(18-14-23)25-7-9-27(30(39)20-25)28-10-12-33(48)42-35(28)49/h7-9,11,19-21,23-24,28,32,45,47H,3-6,10,12-18H2,1-2H3,(H,42,48,49)(H2,40,41,43,44,50). The summed E-state index contributed by atoms with van der Waals surface area (Å²) in [5.74, 6) is -0.499. The van der Waals surface area contributed by atoms with E-state index in [0.29, 0.717) is 29.8 Å². The van der Waals surface area contributed by atoms with Gasteiger partial charge in [-0.1, -0.05) is 13.0 Å². The summed E-state index contributed by atoms with van der Waals surface area (Å²) >= 11 is 1.62. The third kappa shape index (κ3) is 7.61. The zero-order valence-corrected chi connectivity index (χ0v) is 30.0. The van der Waals surface area contributed by atoms with Gasteiger partial charge in [0.25, 0.3) is 0 Å². The van der Waals surface area contributed by atoms with Crippen molar-refractivity contribution in [3.8, 4) is 0 Å². The normalized spacial score (nSPS) is 20.9. The smallest absolute Gasteiger partial charge is 0.236 e. The number of nitrogens with one attached hydrogen (secondary N) is 4. The fourth-order valence-corrected chi connectivity index (χ4v) is 8.61. The number of hydrogen-bond donors (Lipinski definition) is 5. The molecule has 11 nitrogen and oxygen atoms in total. The molecule has 5 N–H and O–H groups in total. The van der Waals surface area contributed by atoms with Crippen LogP contribution in [0.3, 0.4) is 0 Å². The summed E-state index contributed by atoms with van der Waals surface area (Å²) < 4.78 is 18.7. The Hall–Kier alpha value is -4.07. The van der Waals surface area contributed by atoms with Crippen LogP contribution < -0.4 is 25.6 Å². The van der Waals surface area contributed by atoms with Crippen molar-refractivity contribution in [2.24, 2.45) is 5.92 Å². The van der Waals surface area contributed by atoms with Crippen LogP contribution >= 0.6 is 11.9 Å². The maximum atomic E-state index is 15.1. The van der Waals surface area contributed by atoms with Gasteiger partial charge in [0.1, 0.15) is 11.6 Å². The van der Waals surface area contributed by atoms with Crippen LogP contribution in [-0.4, -0.2) is 58.0 Å². The number of benzene rings is 2. The van der Waals surface area contributed by atoms with Crippen molar-refractivity contribution in [1.82, 2.24) is 20.0 Å². The fourth-order valence-electron chi connectivity index (χ4n) is 7.65. The molecule has 3 aromatic rings. The number of anilines is 4. The van der Waals surface area contributed by atoms with Crippen LogP contribution in [0.25, 0.3) is 0 Å². The highest BCUT2D eigenvalue weighted by Crippen LogP contribution is 2.54. The van der Waals surface area contributed by atoms with Crippen LogP contribution in [0.2, 0.25) is 0 Å². The van der Waals surface area contributed by atoms with E-state index in [1.54, 1.807) is 24.2 Å². The van der Waals surface area contributed by atoms with E-state index in [9.17, 15) is 19.5 Å². The molecule has 3 aliphatic heterocycles. The van der Waals surface area contributed by atoms with Crippen LogP contribution in [0.15, 0.2) is 47.5 Å². The number of fused-ring (bicyclic) bond motifs is 2. The lowest BCUT2D eigenvalue weighted by Gasteiger charge is -2.36. The van der Waals surface area contributed by atoms with E-state index >= 15 is 4.39 Å². The summed E-state index contributed by atoms with van der Waals surface area (Å²) in [6.45, 7) is 5.69. The third-order valence-electron chi connectivity index (χ3n) is 11.1. The van der Waals surface area contributed by atoms with E-state index in [2.05, 4.69) is 54.6 Å². The number of imide groups is 1. The molecule has 1 aliphatic carbocycles. The number of nitrogens with zero attached hydrogens (tertiary/aromatic N) is 3. The van der Waals surface area contributed by atoms with Gasteiger partial charge in [0.15, 0.2) is 0 Å². The Bertz CT molecular complexity index is 1810. The molecule has 4 heterocycles. The number of aromatic nitrogens is 2. The second kappa shape index (κ2) is 14.9. The second-order valence-corrected chi connectivity index (χ2v) is 15.4. The van der Waals surface area contributed by atoms with Gasteiger partial charge in [-0.2, -0.15) is 4.98 Å². The van der Waals surface area contributed by atoms with Crippen molar-refractivity contribution in [2.45, 2.75) is 106 Å². The molecule has 13 heteroatoms. The fraction of sp³-hybridized carbons (Fsp3) is 0.500. The maximum absolute atomic E-state index is 15.1. The number of carbonyl (C=O) groups is 3. The zero-order valence-electron chi connectivity index (χ0n) is 29.1. The Morgan fingerprint density at radius 1 is 1.08 bits per heavy atom. The predicted octanol–water partition coefficient (Wildman–Crippen LogP) is 5.99. The molecular formula is C38H46FN7O4S. The minimum atomic E-state index is -0.641. The summed E-state index contributed by atoms with van der Waals surface area (Å²) in [7, 11) is 0. The summed E-state index contributed by atoms with van der Waals surface area (Å²) in [5.41, 5.74) is 3.59. The van der Waals surface area contributed by atoms with Gasteiger partial charge in [0, 0.05) is 59.1 Å². The predicted molar refractivity (Wildman–Crippen MR) is 195 cm³/mol. The molecule has 51 heavy (non-hydrogen) atoms. The lowest BCUT2D eigenvalue weighted by Crippen LogP contribution is -2.40. The third-order valence-corrected chi connectivity index (χ3v) is 12.0. The Kier molecular flexibility index (Phi) is 10.3. The highest BCUT2D eigenvalue weighted by Gasteiger charge is 2.57. The first-order chi connectivity index (χ1) is 24.6. The van der Waals surface area contributed by atoms with Gasteiger partial charge in [-0.15, -0.1) is 0 Å². The Labute approximate surface area is 302 Å². The number of piperidine rings is 2. The van der Waals surface area contributed by atoms with Crippen molar-refractivity contribution in [2.75, 3.05) is 28.6 Å². The summed E-state index contributed by atoms with van der Waals surface area (Å²) in [6, 6.07) is 11.5. The molecule has 1 spiro atoms. The van der Waals surface area contributed by atoms with Gasteiger partial charge >= 0.3 is 0 Å². The van der Waals surface area contributed by atoms with Crippen molar-refractivity contribution in [1.29, 1.82) is 0 Å². The number of carbonyl (C=O) groups excluding carboxylic acids is 3. The molecule has 270 valence electrons. The molecule has 3 amide bonds. The number of hydrogen-bond acceptors (Lipinski definition) is 10. The molecule has 3 atom stereocenters. The van der Waals surface area contributed by atoms with Crippen molar-refractivity contribution in [3.05, 3.63) is 65.1 Å². The van der Waals surface area contributed by atoms with Crippen molar-refractivity contribution >= 4 is 52.8 Å². The van der Waals surface area contributed by atoms with Crippen LogP contribution in [0.4, 0.5) is 27.5 Å². The minimum Gasteiger partial charge on any atom is -0.393 e. The lowest BCUT2D eigenvalue weighted by atomic mass is 9.87. The van der Waals surface area contributed by atoms with E-state index in [-0.39, 0.29) is 30.3 Å². The SMILES string of the molecule is CCC(CCCC(O)C1CCN(c2ccc(C3CCC(=O)NC3=O)c(F)c2)CC1)NSc1ccc(Nc2ncc3c(n2)NC(=O)C32CC2)c(C)c1. The van der Waals surface area contributed by atoms with E-state index in [0.717, 1.165) is 91.9 Å². The van der Waals surface area contributed by atoms with E-state index < -0.39 is 23.1 Å². The quantitative estimate of drug-likeness (QED) is 0.106. The first-order valence-corrected chi connectivity index (χ1v) is 19.0. The lowest BCUT2D eigenvalue weighted by molar-refractivity contribution is -0.134. The molecule has 7 rings (SSSR count). The number of aliphatic hydroxyl groups excluding tert-OH is 1. The molecule has 4 aliphatic rings. The van der Waals surface area contributed by atoms with Gasteiger partial charge in [-0.05, 0) is 118 Å². The van der Waals surface area contributed by atoms with E-state index in [1.807, 2.05) is 19.1 Å². The largest absolute Gasteiger partial charge is 0.393 e. The molecule has 2 saturated heterocycles. The van der Waals surface area contributed by atoms with Gasteiger partial charge in [-0.3, -0.25) is 24.4 Å². The summed E-state index contributed by atoms with van der Waals surface area (Å²) in [6.07, 6.45) is 8.93. The summed E-state index contributed by atoms with van der Waals surface area (Å²) in [4.78, 5) is 48.3. The topological polar surface area (TPSA) is 149 Å². The molecule has 1 aromatic heterocycles. The summed E-state index contributed by atoms with van der Waals surface area (Å²) in [5, 5.41) is 19.5. The first kappa shape index (κ1) is 35.3. The van der Waals surface area contributed by atoms with Gasteiger partial charge < -0.3 is 20.6 Å².